The number of ether oxygens (including phenoxy) is 2. The van der Waals surface area contributed by atoms with Crippen molar-refractivity contribution in [3.8, 4) is 11.5 Å². The first-order valence-electron chi connectivity index (χ1n) is 8.58. The predicted molar refractivity (Wildman–Crippen MR) is 96.1 cm³/mol. The number of hydrogen-bond acceptors (Lipinski definition) is 3. The molecule has 2 aromatic carbocycles. The molecule has 1 heterocycles. The average molecular weight is 340 g/mol. The van der Waals surface area contributed by atoms with Crippen LogP contribution in [0.25, 0.3) is 0 Å². The van der Waals surface area contributed by atoms with Crippen LogP contribution < -0.4 is 9.47 Å². The molecule has 4 nitrogen and oxygen atoms in total. The molecule has 0 fully saturated rings. The lowest BCUT2D eigenvalue weighted by Crippen LogP contribution is -2.25. The maximum absolute atomic E-state index is 10.9. The van der Waals surface area contributed by atoms with E-state index in [1.54, 1.807) is 6.92 Å². The van der Waals surface area contributed by atoms with E-state index in [4.69, 9.17) is 14.6 Å². The van der Waals surface area contributed by atoms with Gasteiger partial charge in [-0.1, -0.05) is 37.3 Å². The summed E-state index contributed by atoms with van der Waals surface area (Å²) in [7, 11) is 0. The molecule has 0 saturated heterocycles. The summed E-state index contributed by atoms with van der Waals surface area (Å²) < 4.78 is 12.0. The lowest BCUT2D eigenvalue weighted by Gasteiger charge is -2.18. The summed E-state index contributed by atoms with van der Waals surface area (Å²) in [6.45, 7) is 6.34. The Bertz CT molecular complexity index is 762. The molecule has 0 aromatic heterocycles. The van der Waals surface area contributed by atoms with Crippen LogP contribution in [-0.4, -0.2) is 16.7 Å². The molecule has 1 N–H and O–H groups in total. The van der Waals surface area contributed by atoms with E-state index in [1.807, 2.05) is 36.4 Å². The minimum Gasteiger partial charge on any atom is -0.489 e. The van der Waals surface area contributed by atoms with Crippen LogP contribution in [0.3, 0.4) is 0 Å². The number of aliphatic carboxylic acids is 1. The number of rotatable bonds is 6. The second-order valence-corrected chi connectivity index (χ2v) is 7.32. The molecular weight excluding hydrogens is 316 g/mol. The van der Waals surface area contributed by atoms with Crippen molar-refractivity contribution in [3.05, 3.63) is 59.2 Å². The van der Waals surface area contributed by atoms with E-state index in [0.717, 1.165) is 29.0 Å². The van der Waals surface area contributed by atoms with Crippen LogP contribution in [0.5, 0.6) is 11.5 Å². The fourth-order valence-corrected chi connectivity index (χ4v) is 3.12. The van der Waals surface area contributed by atoms with E-state index in [9.17, 15) is 4.79 Å². The molecule has 0 spiro atoms. The van der Waals surface area contributed by atoms with Crippen molar-refractivity contribution in [2.75, 3.05) is 0 Å². The maximum Gasteiger partial charge on any atom is 0.306 e. The Hall–Kier alpha value is -2.49. The third kappa shape index (κ3) is 4.13. The van der Waals surface area contributed by atoms with Gasteiger partial charge in [0.05, 0.1) is 5.92 Å². The van der Waals surface area contributed by atoms with Crippen LogP contribution in [0.1, 0.15) is 37.5 Å². The van der Waals surface area contributed by atoms with Crippen LogP contribution in [0.4, 0.5) is 0 Å². The third-order valence-electron chi connectivity index (χ3n) is 4.45. The molecular formula is C21H24O4. The number of benzene rings is 2. The quantitative estimate of drug-likeness (QED) is 0.854. The first-order chi connectivity index (χ1) is 11.8. The van der Waals surface area contributed by atoms with Crippen molar-refractivity contribution in [1.29, 1.82) is 0 Å². The van der Waals surface area contributed by atoms with Crippen LogP contribution in [0.2, 0.25) is 0 Å². The summed E-state index contributed by atoms with van der Waals surface area (Å²) in [5, 5.41) is 8.99. The van der Waals surface area contributed by atoms with Gasteiger partial charge in [-0.25, -0.2) is 0 Å². The molecule has 0 radical (unpaired) electrons. The number of carbonyl (C=O) groups is 1. The van der Waals surface area contributed by atoms with Gasteiger partial charge in [-0.15, -0.1) is 0 Å². The van der Waals surface area contributed by atoms with E-state index < -0.39 is 5.97 Å². The minimum absolute atomic E-state index is 0.166. The van der Waals surface area contributed by atoms with Gasteiger partial charge in [-0.2, -0.15) is 0 Å². The fourth-order valence-electron chi connectivity index (χ4n) is 3.12. The summed E-state index contributed by atoms with van der Waals surface area (Å²) in [6.07, 6.45) is 1.43. The first kappa shape index (κ1) is 17.3. The van der Waals surface area contributed by atoms with Crippen molar-refractivity contribution in [1.82, 2.24) is 0 Å². The molecule has 3 rings (SSSR count). The molecule has 132 valence electrons. The number of carboxylic acids is 1. The molecule has 0 bridgehead atoms. The molecule has 1 atom stereocenters. The van der Waals surface area contributed by atoms with Crippen LogP contribution in [-0.2, 0) is 24.2 Å². The van der Waals surface area contributed by atoms with Crippen LogP contribution in [0, 0.1) is 5.92 Å². The summed E-state index contributed by atoms with van der Waals surface area (Å²) in [4.78, 5) is 10.9. The highest BCUT2D eigenvalue weighted by atomic mass is 16.5. The summed E-state index contributed by atoms with van der Waals surface area (Å²) in [6, 6.07) is 13.8. The van der Waals surface area contributed by atoms with E-state index in [2.05, 4.69) is 19.9 Å². The van der Waals surface area contributed by atoms with Crippen molar-refractivity contribution >= 4 is 5.97 Å². The molecule has 1 unspecified atom stereocenters. The van der Waals surface area contributed by atoms with E-state index >= 15 is 0 Å². The largest absolute Gasteiger partial charge is 0.489 e. The molecule has 1 aliphatic heterocycles. The van der Waals surface area contributed by atoms with Crippen molar-refractivity contribution < 1.29 is 19.4 Å². The smallest absolute Gasteiger partial charge is 0.306 e. The molecule has 4 heteroatoms. The predicted octanol–water partition coefficient (Wildman–Crippen LogP) is 4.24. The Morgan fingerprint density at radius 3 is 2.64 bits per heavy atom. The highest BCUT2D eigenvalue weighted by Crippen LogP contribution is 2.37. The summed E-state index contributed by atoms with van der Waals surface area (Å²) in [5.41, 5.74) is 3.10. The topological polar surface area (TPSA) is 55.8 Å². The third-order valence-corrected chi connectivity index (χ3v) is 4.45. The lowest BCUT2D eigenvalue weighted by molar-refractivity contribution is -0.141. The molecule has 1 aliphatic rings. The maximum atomic E-state index is 10.9. The van der Waals surface area contributed by atoms with Crippen molar-refractivity contribution in [3.63, 3.8) is 0 Å². The number of fused-ring (bicyclic) bond motifs is 1. The minimum atomic E-state index is -0.777. The van der Waals surface area contributed by atoms with Gasteiger partial charge in [0.25, 0.3) is 0 Å². The summed E-state index contributed by atoms with van der Waals surface area (Å²) in [5.74, 6) is 0.543. The molecule has 2 aromatic rings. The Morgan fingerprint density at radius 1 is 1.24 bits per heavy atom. The van der Waals surface area contributed by atoms with Gasteiger partial charge >= 0.3 is 5.97 Å². The van der Waals surface area contributed by atoms with Gasteiger partial charge in [-0.05, 0) is 43.5 Å². The van der Waals surface area contributed by atoms with Gasteiger partial charge < -0.3 is 14.6 Å². The molecule has 0 aliphatic carbocycles. The number of para-hydroxylation sites is 1. The number of carboxylic acid groups (broad SMARTS) is 1. The standard InChI is InChI=1S/C21H24O4/c1-14(20(22)23)11-15-7-9-18(10-8-15)24-13-17-6-4-5-16-12-21(2,3)25-19(16)17/h4-10,14H,11-13H2,1-3H3,(H,22,23). The first-order valence-corrected chi connectivity index (χ1v) is 8.58. The fraction of sp³-hybridized carbons (Fsp3) is 0.381. The zero-order chi connectivity index (χ0) is 18.0. The van der Waals surface area contributed by atoms with Gasteiger partial charge in [0.2, 0.25) is 0 Å². The zero-order valence-electron chi connectivity index (χ0n) is 14.9. The lowest BCUT2D eigenvalue weighted by atomic mass is 10.0. The molecule has 25 heavy (non-hydrogen) atoms. The Kier molecular flexibility index (Phi) is 4.71. The Balaban J connectivity index is 1.64. The van der Waals surface area contributed by atoms with Crippen molar-refractivity contribution in [2.45, 2.75) is 45.8 Å². The average Bonchev–Trinajstić information content (AvgIpc) is 2.88. The van der Waals surface area contributed by atoms with E-state index in [0.29, 0.717) is 13.0 Å². The van der Waals surface area contributed by atoms with Gasteiger partial charge in [0, 0.05) is 12.0 Å². The van der Waals surface area contributed by atoms with Crippen LogP contribution >= 0.6 is 0 Å². The van der Waals surface area contributed by atoms with Crippen LogP contribution in [0.15, 0.2) is 42.5 Å². The van der Waals surface area contributed by atoms with E-state index in [-0.39, 0.29) is 11.5 Å². The van der Waals surface area contributed by atoms with E-state index in [1.165, 1.54) is 5.56 Å². The highest BCUT2D eigenvalue weighted by Gasteiger charge is 2.31. The summed E-state index contributed by atoms with van der Waals surface area (Å²) >= 11 is 0. The van der Waals surface area contributed by atoms with Gasteiger partial charge in [0.15, 0.2) is 0 Å². The SMILES string of the molecule is CC(Cc1ccc(OCc2cccc3c2OC(C)(C)C3)cc1)C(=O)O. The second-order valence-electron chi connectivity index (χ2n) is 7.32. The van der Waals surface area contributed by atoms with Crippen molar-refractivity contribution in [2.24, 2.45) is 5.92 Å². The monoisotopic (exact) mass is 340 g/mol. The normalized spacial score (nSPS) is 16.0. The molecule has 0 amide bonds. The van der Waals surface area contributed by atoms with Gasteiger partial charge in [0.1, 0.15) is 23.7 Å². The second kappa shape index (κ2) is 6.79. The Labute approximate surface area is 148 Å². The molecule has 0 saturated carbocycles. The van der Waals surface area contributed by atoms with Gasteiger partial charge in [-0.3, -0.25) is 4.79 Å². The Morgan fingerprint density at radius 2 is 1.96 bits per heavy atom. The zero-order valence-corrected chi connectivity index (χ0v) is 14.9. The number of hydrogen-bond donors (Lipinski definition) is 1. The highest BCUT2D eigenvalue weighted by molar-refractivity contribution is 5.69.